The fourth-order valence-electron chi connectivity index (χ4n) is 1.73. The lowest BCUT2D eigenvalue weighted by atomic mass is 10.1. The van der Waals surface area contributed by atoms with E-state index in [0.717, 1.165) is 12.1 Å². The van der Waals surface area contributed by atoms with Crippen LogP contribution < -0.4 is 10.6 Å². The number of nitrogens with one attached hydrogen (secondary N) is 2. The molecule has 0 aliphatic rings. The summed E-state index contributed by atoms with van der Waals surface area (Å²) in [4.78, 5) is 11.8. The highest BCUT2D eigenvalue weighted by molar-refractivity contribution is 7.99. The predicted molar refractivity (Wildman–Crippen MR) is 81.8 cm³/mol. The number of hydrogen-bond acceptors (Lipinski definition) is 3. The van der Waals surface area contributed by atoms with Gasteiger partial charge in [-0.1, -0.05) is 19.1 Å². The lowest BCUT2D eigenvalue weighted by Gasteiger charge is -2.21. The van der Waals surface area contributed by atoms with E-state index in [4.69, 9.17) is 5.11 Å². The Balaban J connectivity index is 2.50. The second kappa shape index (κ2) is 8.07. The first-order valence-corrected chi connectivity index (χ1v) is 7.69. The molecule has 2 atom stereocenters. The maximum Gasteiger partial charge on any atom is 0.319 e. The number of carbonyl (C=O) groups excluding carboxylic acids is 1. The van der Waals surface area contributed by atoms with E-state index in [-0.39, 0.29) is 23.9 Å². The van der Waals surface area contributed by atoms with E-state index in [1.165, 1.54) is 17.3 Å². The number of thioether (sulfide) groups is 1. The van der Waals surface area contributed by atoms with E-state index < -0.39 is 0 Å². The van der Waals surface area contributed by atoms with Gasteiger partial charge in [0.15, 0.2) is 0 Å². The summed E-state index contributed by atoms with van der Waals surface area (Å²) in [5.41, 5.74) is 2.01. The first kappa shape index (κ1) is 15.9. The maximum atomic E-state index is 11.8. The van der Waals surface area contributed by atoms with Crippen molar-refractivity contribution in [3.05, 3.63) is 29.8 Å². The molecule has 0 saturated carbocycles. The van der Waals surface area contributed by atoms with E-state index in [2.05, 4.69) is 17.6 Å². The summed E-state index contributed by atoms with van der Waals surface area (Å²) in [6.07, 6.45) is 2.90. The number of anilines is 1. The average Bonchev–Trinajstić information content (AvgIpc) is 2.40. The molecule has 0 bridgehead atoms. The minimum Gasteiger partial charge on any atom is -0.395 e. The van der Waals surface area contributed by atoms with Gasteiger partial charge in [-0.05, 0) is 37.3 Å². The van der Waals surface area contributed by atoms with Crippen molar-refractivity contribution in [2.24, 2.45) is 0 Å². The zero-order valence-corrected chi connectivity index (χ0v) is 12.5. The van der Waals surface area contributed by atoms with Crippen LogP contribution >= 0.6 is 11.8 Å². The lowest BCUT2D eigenvalue weighted by molar-refractivity contribution is 0.243. The second-order valence-electron chi connectivity index (χ2n) is 4.39. The summed E-state index contributed by atoms with van der Waals surface area (Å²) < 4.78 is 0. The molecule has 0 aromatic heterocycles. The molecule has 1 rings (SSSR count). The summed E-state index contributed by atoms with van der Waals surface area (Å²) in [5, 5.41) is 14.8. The molecule has 1 aromatic carbocycles. The van der Waals surface area contributed by atoms with Crippen molar-refractivity contribution in [2.75, 3.05) is 18.2 Å². The van der Waals surface area contributed by atoms with Crippen molar-refractivity contribution >= 4 is 23.5 Å². The van der Waals surface area contributed by atoms with Crippen LogP contribution in [-0.4, -0.2) is 35.3 Å². The van der Waals surface area contributed by atoms with Crippen LogP contribution in [0.4, 0.5) is 10.5 Å². The van der Waals surface area contributed by atoms with E-state index in [9.17, 15) is 4.79 Å². The van der Waals surface area contributed by atoms with Gasteiger partial charge in [-0.3, -0.25) is 0 Å². The highest BCUT2D eigenvalue weighted by atomic mass is 32.2. The maximum absolute atomic E-state index is 11.8. The molecule has 5 heteroatoms. The van der Waals surface area contributed by atoms with Gasteiger partial charge >= 0.3 is 6.03 Å². The van der Waals surface area contributed by atoms with Crippen LogP contribution in [0.2, 0.25) is 0 Å². The molecule has 0 aliphatic heterocycles. The lowest BCUT2D eigenvalue weighted by Crippen LogP contribution is -2.43. The van der Waals surface area contributed by atoms with Gasteiger partial charge in [0, 0.05) is 17.0 Å². The number of aliphatic hydroxyl groups excluding tert-OH is 1. The topological polar surface area (TPSA) is 61.4 Å². The molecule has 0 heterocycles. The van der Waals surface area contributed by atoms with Crippen molar-refractivity contribution in [1.29, 1.82) is 0 Å². The largest absolute Gasteiger partial charge is 0.395 e. The number of carbonyl (C=O) groups is 1. The Morgan fingerprint density at radius 2 is 2.00 bits per heavy atom. The Morgan fingerprint density at radius 1 is 1.37 bits per heavy atom. The summed E-state index contributed by atoms with van der Waals surface area (Å²) in [7, 11) is 0. The molecular weight excluding hydrogens is 260 g/mol. The molecule has 2 unspecified atom stereocenters. The molecule has 0 aliphatic carbocycles. The smallest absolute Gasteiger partial charge is 0.319 e. The molecule has 0 saturated heterocycles. The number of amides is 2. The normalized spacial score (nSPS) is 13.7. The third-order valence-electron chi connectivity index (χ3n) is 3.02. The summed E-state index contributed by atoms with van der Waals surface area (Å²) in [6.45, 7) is 4.03. The number of urea groups is 1. The van der Waals surface area contributed by atoms with Crippen LogP contribution in [0.25, 0.3) is 0 Å². The van der Waals surface area contributed by atoms with Gasteiger partial charge in [-0.25, -0.2) is 4.79 Å². The molecule has 0 radical (unpaired) electrons. The van der Waals surface area contributed by atoms with Crippen molar-refractivity contribution in [1.82, 2.24) is 5.32 Å². The van der Waals surface area contributed by atoms with Gasteiger partial charge in [-0.2, -0.15) is 11.8 Å². The fraction of sp³-hybridized carbons (Fsp3) is 0.500. The molecule has 3 N–H and O–H groups in total. The number of benzene rings is 1. The van der Waals surface area contributed by atoms with Crippen molar-refractivity contribution in [3.63, 3.8) is 0 Å². The standard InChI is InChI=1S/C14H22N2O2S/c1-4-11-5-7-12(8-6-11)16-14(18)15-10(2)13(9-17)19-3/h5-8,10,13,17H,4,9H2,1-3H3,(H2,15,16,18). The van der Waals surface area contributed by atoms with Gasteiger partial charge < -0.3 is 15.7 Å². The number of aliphatic hydroxyl groups is 1. The van der Waals surface area contributed by atoms with Crippen LogP contribution in [0, 0.1) is 0 Å². The summed E-state index contributed by atoms with van der Waals surface area (Å²) >= 11 is 1.54. The third-order valence-corrected chi connectivity index (χ3v) is 4.18. The number of rotatable bonds is 6. The van der Waals surface area contributed by atoms with Crippen LogP contribution in [0.3, 0.4) is 0 Å². The molecule has 1 aromatic rings. The van der Waals surface area contributed by atoms with Crippen LogP contribution in [-0.2, 0) is 6.42 Å². The molecule has 4 nitrogen and oxygen atoms in total. The van der Waals surface area contributed by atoms with Crippen molar-refractivity contribution in [2.45, 2.75) is 31.6 Å². The molecule has 19 heavy (non-hydrogen) atoms. The minimum absolute atomic E-state index is 0.00761. The molecule has 106 valence electrons. The van der Waals surface area contributed by atoms with Gasteiger partial charge in [0.05, 0.1) is 6.61 Å². The second-order valence-corrected chi connectivity index (χ2v) is 5.47. The molecule has 0 spiro atoms. The first-order valence-electron chi connectivity index (χ1n) is 6.40. The third kappa shape index (κ3) is 5.12. The zero-order chi connectivity index (χ0) is 14.3. The Labute approximate surface area is 119 Å². The number of aryl methyl sites for hydroxylation is 1. The Bertz CT molecular complexity index is 391. The Morgan fingerprint density at radius 3 is 2.47 bits per heavy atom. The Kier molecular flexibility index (Phi) is 6.73. The zero-order valence-electron chi connectivity index (χ0n) is 11.6. The van der Waals surface area contributed by atoms with E-state index in [1.54, 1.807) is 0 Å². The van der Waals surface area contributed by atoms with Crippen LogP contribution in [0.5, 0.6) is 0 Å². The van der Waals surface area contributed by atoms with Gasteiger partial charge in [0.25, 0.3) is 0 Å². The quantitative estimate of drug-likeness (QED) is 0.751. The molecule has 0 fully saturated rings. The predicted octanol–water partition coefficient (Wildman–Crippen LogP) is 2.48. The van der Waals surface area contributed by atoms with Crippen molar-refractivity contribution in [3.8, 4) is 0 Å². The molecule has 2 amide bonds. The summed E-state index contributed by atoms with van der Waals surface area (Å²) in [5.74, 6) is 0. The fourth-order valence-corrected chi connectivity index (χ4v) is 2.35. The first-order chi connectivity index (χ1) is 9.10. The van der Waals surface area contributed by atoms with Gasteiger partial charge in [0.2, 0.25) is 0 Å². The Hall–Kier alpha value is -1.20. The van der Waals surface area contributed by atoms with Gasteiger partial charge in [0.1, 0.15) is 0 Å². The number of hydrogen-bond donors (Lipinski definition) is 3. The van der Waals surface area contributed by atoms with Crippen LogP contribution in [0.1, 0.15) is 19.4 Å². The van der Waals surface area contributed by atoms with Crippen molar-refractivity contribution < 1.29 is 9.90 Å². The highest BCUT2D eigenvalue weighted by Gasteiger charge is 2.17. The van der Waals surface area contributed by atoms with E-state index >= 15 is 0 Å². The SMILES string of the molecule is CCc1ccc(NC(=O)NC(C)C(CO)SC)cc1. The monoisotopic (exact) mass is 282 g/mol. The minimum atomic E-state index is -0.246. The van der Waals surface area contributed by atoms with E-state index in [0.29, 0.717) is 0 Å². The summed E-state index contributed by atoms with van der Waals surface area (Å²) in [6, 6.07) is 7.44. The average molecular weight is 282 g/mol. The van der Waals surface area contributed by atoms with E-state index in [1.807, 2.05) is 37.4 Å². The highest BCUT2D eigenvalue weighted by Crippen LogP contribution is 2.12. The van der Waals surface area contributed by atoms with Gasteiger partial charge in [-0.15, -0.1) is 0 Å². The van der Waals surface area contributed by atoms with Crippen LogP contribution in [0.15, 0.2) is 24.3 Å². The molecular formula is C14H22N2O2S.